The Labute approximate surface area is 69.5 Å². The Morgan fingerprint density at radius 2 is 2.08 bits per heavy atom. The zero-order valence-electron chi connectivity index (χ0n) is 6.52. The molecule has 0 N–H and O–H groups in total. The van der Waals surface area contributed by atoms with Crippen LogP contribution >= 0.6 is 0 Å². The van der Waals surface area contributed by atoms with Crippen LogP contribution in [0.4, 0.5) is 0 Å². The molecule has 0 saturated heterocycles. The highest BCUT2D eigenvalue weighted by Crippen LogP contribution is 2.15. The minimum atomic E-state index is 0.328. The lowest BCUT2D eigenvalue weighted by Gasteiger charge is -2.01. The molecule has 0 aliphatic carbocycles. The van der Waals surface area contributed by atoms with Gasteiger partial charge in [-0.2, -0.15) is 4.89 Å². The molecule has 1 rings (SSSR count). The molecule has 0 radical (unpaired) electrons. The van der Waals surface area contributed by atoms with Gasteiger partial charge in [0, 0.05) is 0 Å². The monoisotopic (exact) mass is 168 g/mol. The Morgan fingerprint density at radius 1 is 1.33 bits per heavy atom. The van der Waals surface area contributed by atoms with E-state index in [1.54, 1.807) is 24.3 Å². The first-order chi connectivity index (χ1) is 5.88. The van der Waals surface area contributed by atoms with Gasteiger partial charge in [0.05, 0.1) is 12.7 Å². The van der Waals surface area contributed by atoms with E-state index >= 15 is 0 Å². The number of rotatable bonds is 4. The lowest BCUT2D eigenvalue weighted by Crippen LogP contribution is -1.97. The standard InChI is InChI=1S/C8H8O4/c1-10-12-11-8-5-3-2-4-7(8)6-9/h2-6H,1H3. The van der Waals surface area contributed by atoms with Crippen LogP contribution in [0.15, 0.2) is 24.3 Å². The van der Waals surface area contributed by atoms with Crippen LogP contribution in [0.5, 0.6) is 5.75 Å². The molecule has 0 aliphatic heterocycles. The molecule has 4 nitrogen and oxygen atoms in total. The number of hydrogen-bond acceptors (Lipinski definition) is 4. The highest BCUT2D eigenvalue weighted by molar-refractivity contribution is 5.78. The zero-order chi connectivity index (χ0) is 8.81. The van der Waals surface area contributed by atoms with E-state index in [0.29, 0.717) is 17.6 Å². The lowest BCUT2D eigenvalue weighted by molar-refractivity contribution is -0.453. The zero-order valence-corrected chi connectivity index (χ0v) is 6.52. The molecule has 0 aliphatic rings. The van der Waals surface area contributed by atoms with Gasteiger partial charge in [0.2, 0.25) is 0 Å². The third-order valence-corrected chi connectivity index (χ3v) is 1.24. The molecule has 64 valence electrons. The average molecular weight is 168 g/mol. The van der Waals surface area contributed by atoms with Crippen LogP contribution in [0.25, 0.3) is 0 Å². The Bertz CT molecular complexity index is 259. The molecule has 0 unspecified atom stereocenters. The summed E-state index contributed by atoms with van der Waals surface area (Å²) in [6.07, 6.45) is 0.675. The van der Waals surface area contributed by atoms with Crippen LogP contribution < -0.4 is 4.89 Å². The molecule has 0 spiro atoms. The van der Waals surface area contributed by atoms with Crippen LogP contribution in [0.3, 0.4) is 0 Å². The quantitative estimate of drug-likeness (QED) is 0.387. The van der Waals surface area contributed by atoms with Crippen molar-refractivity contribution in [3.05, 3.63) is 29.8 Å². The van der Waals surface area contributed by atoms with E-state index in [-0.39, 0.29) is 0 Å². The fraction of sp³-hybridized carbons (Fsp3) is 0.125. The number of hydrogen-bond donors (Lipinski definition) is 0. The second-order valence-corrected chi connectivity index (χ2v) is 1.97. The van der Waals surface area contributed by atoms with Crippen molar-refractivity contribution in [2.45, 2.75) is 0 Å². The van der Waals surface area contributed by atoms with Crippen molar-refractivity contribution >= 4 is 6.29 Å². The van der Waals surface area contributed by atoms with Crippen molar-refractivity contribution in [1.82, 2.24) is 0 Å². The smallest absolute Gasteiger partial charge is 0.179 e. The summed E-state index contributed by atoms with van der Waals surface area (Å²) >= 11 is 0. The van der Waals surface area contributed by atoms with Crippen molar-refractivity contribution in [2.24, 2.45) is 0 Å². The molecule has 0 atom stereocenters. The Kier molecular flexibility index (Phi) is 3.25. The fourth-order valence-corrected chi connectivity index (χ4v) is 0.724. The maximum atomic E-state index is 10.4. The fourth-order valence-electron chi connectivity index (χ4n) is 0.724. The minimum Gasteiger partial charge on any atom is -0.308 e. The molecule has 0 heterocycles. The van der Waals surface area contributed by atoms with Crippen molar-refractivity contribution in [2.75, 3.05) is 7.11 Å². The summed E-state index contributed by atoms with van der Waals surface area (Å²) in [5, 5.41) is 4.20. The van der Waals surface area contributed by atoms with Gasteiger partial charge < -0.3 is 4.89 Å². The van der Waals surface area contributed by atoms with Crippen LogP contribution in [0.2, 0.25) is 0 Å². The minimum absolute atomic E-state index is 0.328. The molecule has 0 fully saturated rings. The summed E-state index contributed by atoms with van der Waals surface area (Å²) in [5.74, 6) is 0.328. The van der Waals surface area contributed by atoms with Gasteiger partial charge in [-0.05, 0) is 17.2 Å². The third kappa shape index (κ3) is 2.05. The van der Waals surface area contributed by atoms with Gasteiger partial charge >= 0.3 is 0 Å². The first-order valence-electron chi connectivity index (χ1n) is 3.30. The SMILES string of the molecule is COOOc1ccccc1C=O. The predicted molar refractivity (Wildman–Crippen MR) is 40.6 cm³/mol. The van der Waals surface area contributed by atoms with Crippen molar-refractivity contribution < 1.29 is 19.6 Å². The third-order valence-electron chi connectivity index (χ3n) is 1.24. The molecule has 1 aromatic rings. The number of benzene rings is 1. The van der Waals surface area contributed by atoms with Gasteiger partial charge in [-0.1, -0.05) is 12.1 Å². The number of aldehydes is 1. The van der Waals surface area contributed by atoms with Gasteiger partial charge in [-0.25, -0.2) is 0 Å². The number of para-hydroxylation sites is 1. The highest BCUT2D eigenvalue weighted by Gasteiger charge is 2.01. The summed E-state index contributed by atoms with van der Waals surface area (Å²) in [4.78, 5) is 19.2. The largest absolute Gasteiger partial charge is 0.308 e. The van der Waals surface area contributed by atoms with Crippen LogP contribution in [-0.4, -0.2) is 13.4 Å². The van der Waals surface area contributed by atoms with Crippen LogP contribution in [-0.2, 0) is 9.93 Å². The topological polar surface area (TPSA) is 44.8 Å². The van der Waals surface area contributed by atoms with Crippen molar-refractivity contribution in [1.29, 1.82) is 0 Å². The Hall–Kier alpha value is -1.39. The van der Waals surface area contributed by atoms with Crippen LogP contribution in [0.1, 0.15) is 10.4 Å². The second-order valence-electron chi connectivity index (χ2n) is 1.97. The molecule has 4 heteroatoms. The average Bonchev–Trinajstić information content (AvgIpc) is 2.15. The molecule has 12 heavy (non-hydrogen) atoms. The van der Waals surface area contributed by atoms with E-state index in [1.807, 2.05) is 0 Å². The summed E-state index contributed by atoms with van der Waals surface area (Å²) < 4.78 is 0. The maximum Gasteiger partial charge on any atom is 0.179 e. The van der Waals surface area contributed by atoms with E-state index < -0.39 is 0 Å². The van der Waals surface area contributed by atoms with E-state index in [9.17, 15) is 4.79 Å². The normalized spacial score (nSPS) is 9.42. The molecular weight excluding hydrogens is 160 g/mol. The van der Waals surface area contributed by atoms with Gasteiger partial charge in [0.25, 0.3) is 0 Å². The van der Waals surface area contributed by atoms with Crippen molar-refractivity contribution in [3.8, 4) is 5.75 Å². The number of carbonyl (C=O) groups excluding carboxylic acids is 1. The van der Waals surface area contributed by atoms with Gasteiger partial charge in [-0.3, -0.25) is 4.79 Å². The summed E-state index contributed by atoms with van der Waals surface area (Å²) in [6, 6.07) is 6.66. The summed E-state index contributed by atoms with van der Waals surface area (Å²) in [5.41, 5.74) is 0.412. The summed E-state index contributed by atoms with van der Waals surface area (Å²) in [7, 11) is 1.31. The first kappa shape index (κ1) is 8.70. The number of carbonyl (C=O) groups is 1. The van der Waals surface area contributed by atoms with Crippen LogP contribution in [0, 0.1) is 0 Å². The Balaban J connectivity index is 2.75. The van der Waals surface area contributed by atoms with Gasteiger partial charge in [0.1, 0.15) is 0 Å². The van der Waals surface area contributed by atoms with E-state index in [2.05, 4.69) is 14.8 Å². The molecule has 0 bridgehead atoms. The summed E-state index contributed by atoms with van der Waals surface area (Å²) in [6.45, 7) is 0. The van der Waals surface area contributed by atoms with Gasteiger partial charge in [0.15, 0.2) is 12.0 Å². The predicted octanol–water partition coefficient (Wildman–Crippen LogP) is 1.37. The molecule has 1 aromatic carbocycles. The first-order valence-corrected chi connectivity index (χ1v) is 3.30. The molecule has 0 aromatic heterocycles. The van der Waals surface area contributed by atoms with Gasteiger partial charge in [-0.15, -0.1) is 0 Å². The molecular formula is C8H8O4. The maximum absolute atomic E-state index is 10.4. The lowest BCUT2D eigenvalue weighted by atomic mass is 10.2. The highest BCUT2D eigenvalue weighted by atomic mass is 17.5. The van der Waals surface area contributed by atoms with E-state index in [1.165, 1.54) is 7.11 Å². The Morgan fingerprint density at radius 3 is 2.75 bits per heavy atom. The molecule has 0 amide bonds. The van der Waals surface area contributed by atoms with E-state index in [0.717, 1.165) is 0 Å². The second kappa shape index (κ2) is 4.48. The van der Waals surface area contributed by atoms with Crippen molar-refractivity contribution in [3.63, 3.8) is 0 Å². The molecule has 0 saturated carbocycles. The van der Waals surface area contributed by atoms with E-state index in [4.69, 9.17) is 0 Å².